The van der Waals surface area contributed by atoms with Gasteiger partial charge in [0.15, 0.2) is 17.1 Å². The Morgan fingerprint density at radius 1 is 1.00 bits per heavy atom. The van der Waals surface area contributed by atoms with E-state index < -0.39 is 36.4 Å². The molecule has 2 aromatic carbocycles. The molecular formula is C30H37N3O10. The number of para-hydroxylation sites is 1. The number of carboxylic acids is 3. The summed E-state index contributed by atoms with van der Waals surface area (Å²) in [5.41, 5.74) is 0.784. The lowest BCUT2D eigenvalue weighted by Gasteiger charge is -2.26. The number of benzene rings is 2. The fourth-order valence-corrected chi connectivity index (χ4v) is 4.73. The Morgan fingerprint density at radius 3 is 2.26 bits per heavy atom. The minimum Gasteiger partial charge on any atom is -0.493 e. The molecule has 13 nitrogen and oxygen atoms in total. The lowest BCUT2D eigenvalue weighted by atomic mass is 9.96. The molecule has 4 rings (SSSR count). The Morgan fingerprint density at radius 2 is 1.70 bits per heavy atom. The molecule has 2 heterocycles. The van der Waals surface area contributed by atoms with Crippen molar-refractivity contribution < 1.29 is 49.0 Å². The van der Waals surface area contributed by atoms with Gasteiger partial charge in [-0.25, -0.2) is 9.48 Å². The predicted molar refractivity (Wildman–Crippen MR) is 153 cm³/mol. The molecular weight excluding hydrogens is 562 g/mol. The number of aromatic nitrogens is 2. The highest BCUT2D eigenvalue weighted by atomic mass is 16.5. The van der Waals surface area contributed by atoms with E-state index >= 15 is 0 Å². The first kappa shape index (κ1) is 33.0. The van der Waals surface area contributed by atoms with Crippen molar-refractivity contribution >= 4 is 17.9 Å². The van der Waals surface area contributed by atoms with Crippen molar-refractivity contribution in [3.05, 3.63) is 72.1 Å². The van der Waals surface area contributed by atoms with Gasteiger partial charge in [-0.2, -0.15) is 5.10 Å². The van der Waals surface area contributed by atoms with Crippen molar-refractivity contribution in [2.24, 2.45) is 0 Å². The maximum absolute atomic E-state index is 10.3. The third kappa shape index (κ3) is 9.81. The molecule has 0 radical (unpaired) electrons. The first-order valence-electron chi connectivity index (χ1n) is 13.6. The number of aliphatic carboxylic acids is 3. The highest BCUT2D eigenvalue weighted by Gasteiger charge is 2.40. The van der Waals surface area contributed by atoms with Crippen molar-refractivity contribution in [1.82, 2.24) is 14.7 Å². The molecule has 3 aromatic rings. The van der Waals surface area contributed by atoms with E-state index in [1.54, 1.807) is 14.2 Å². The Bertz CT molecular complexity index is 1340. The second-order valence-electron chi connectivity index (χ2n) is 10.1. The average Bonchev–Trinajstić information content (AvgIpc) is 3.68. The number of hydrogen-bond donors (Lipinski definition) is 4. The van der Waals surface area contributed by atoms with Crippen molar-refractivity contribution in [2.75, 3.05) is 27.4 Å². The van der Waals surface area contributed by atoms with Crippen LogP contribution in [-0.2, 0) is 32.2 Å². The van der Waals surface area contributed by atoms with Gasteiger partial charge < -0.3 is 34.6 Å². The molecule has 232 valence electrons. The summed E-state index contributed by atoms with van der Waals surface area (Å²) >= 11 is 0. The van der Waals surface area contributed by atoms with Crippen molar-refractivity contribution in [3.63, 3.8) is 0 Å². The van der Waals surface area contributed by atoms with Gasteiger partial charge in [-0.15, -0.1) is 0 Å². The third-order valence-corrected chi connectivity index (χ3v) is 6.76. The van der Waals surface area contributed by atoms with Crippen molar-refractivity contribution in [1.29, 1.82) is 0 Å². The zero-order chi connectivity index (χ0) is 31.4. The molecule has 1 aliphatic heterocycles. The topological polar surface area (TPSA) is 181 Å². The number of methoxy groups -OCH3 is 2. The zero-order valence-electron chi connectivity index (χ0n) is 24.1. The maximum atomic E-state index is 10.3. The van der Waals surface area contributed by atoms with Gasteiger partial charge >= 0.3 is 17.9 Å². The van der Waals surface area contributed by atoms with Crippen LogP contribution in [0.15, 0.2) is 60.9 Å². The van der Waals surface area contributed by atoms with E-state index in [0.29, 0.717) is 0 Å². The smallest absolute Gasteiger partial charge is 0.336 e. The lowest BCUT2D eigenvalue weighted by molar-refractivity contribution is -0.170. The van der Waals surface area contributed by atoms with Crippen LogP contribution in [0.4, 0.5) is 0 Å². The Hall–Kier alpha value is -4.46. The summed E-state index contributed by atoms with van der Waals surface area (Å²) in [5, 5.41) is 38.2. The number of carboxylic acid groups (broad SMARTS) is 3. The molecule has 1 unspecified atom stereocenters. The van der Waals surface area contributed by atoms with Crippen LogP contribution in [0.25, 0.3) is 5.69 Å². The third-order valence-electron chi connectivity index (χ3n) is 6.76. The molecule has 1 aliphatic rings. The first-order chi connectivity index (χ1) is 20.5. The van der Waals surface area contributed by atoms with Crippen LogP contribution < -0.4 is 9.47 Å². The summed E-state index contributed by atoms with van der Waals surface area (Å²) in [6.45, 7) is 3.36. The van der Waals surface area contributed by atoms with Crippen LogP contribution in [-0.4, -0.2) is 92.1 Å². The number of aliphatic hydroxyl groups is 1. The molecule has 1 fully saturated rings. The maximum Gasteiger partial charge on any atom is 0.336 e. The number of ether oxygens (including phenoxy) is 3. The summed E-state index contributed by atoms with van der Waals surface area (Å²) in [4.78, 5) is 32.9. The molecule has 13 heteroatoms. The van der Waals surface area contributed by atoms with Gasteiger partial charge in [0.25, 0.3) is 0 Å². The Balaban J connectivity index is 0.000000331. The molecule has 1 atom stereocenters. The molecule has 4 N–H and O–H groups in total. The van der Waals surface area contributed by atoms with Gasteiger partial charge in [-0.1, -0.05) is 24.3 Å². The largest absolute Gasteiger partial charge is 0.493 e. The Labute approximate surface area is 248 Å². The van der Waals surface area contributed by atoms with Crippen LogP contribution in [0.1, 0.15) is 36.8 Å². The van der Waals surface area contributed by atoms with Gasteiger partial charge in [0.05, 0.1) is 38.9 Å². The molecule has 43 heavy (non-hydrogen) atoms. The quantitative estimate of drug-likeness (QED) is 0.213. The molecule has 0 saturated carbocycles. The second kappa shape index (κ2) is 15.7. The SMILES string of the molecule is COc1ccc(CN(Cc2ccccc2-n2cccn2)CC2CCCO2)cc1OC.O=C(O)CC(O)(CC(=O)O)C(=O)O. The van der Waals surface area contributed by atoms with Crippen molar-refractivity contribution in [2.45, 2.75) is 50.5 Å². The van der Waals surface area contributed by atoms with E-state index in [2.05, 4.69) is 46.4 Å². The van der Waals surface area contributed by atoms with E-state index in [0.717, 1.165) is 56.3 Å². The molecule has 0 aliphatic carbocycles. The molecule has 0 spiro atoms. The van der Waals surface area contributed by atoms with Gasteiger partial charge in [-0.05, 0) is 48.2 Å². The van der Waals surface area contributed by atoms with E-state index in [4.69, 9.17) is 34.6 Å². The van der Waals surface area contributed by atoms with E-state index in [1.165, 1.54) is 11.1 Å². The van der Waals surface area contributed by atoms with Crippen LogP contribution in [0, 0.1) is 0 Å². The number of rotatable bonds is 14. The summed E-state index contributed by atoms with van der Waals surface area (Å²) in [6, 6.07) is 16.5. The fraction of sp³-hybridized carbons (Fsp3) is 0.400. The van der Waals surface area contributed by atoms with Crippen molar-refractivity contribution in [3.8, 4) is 17.2 Å². The summed E-state index contributed by atoms with van der Waals surface area (Å²) in [5.74, 6) is -3.52. The molecule has 1 saturated heterocycles. The van der Waals surface area contributed by atoms with Crippen LogP contribution >= 0.6 is 0 Å². The average molecular weight is 600 g/mol. The lowest BCUT2D eigenvalue weighted by Crippen LogP contribution is -2.42. The summed E-state index contributed by atoms with van der Waals surface area (Å²) in [6.07, 6.45) is 4.04. The zero-order valence-corrected chi connectivity index (χ0v) is 24.1. The van der Waals surface area contributed by atoms with Crippen LogP contribution in [0.2, 0.25) is 0 Å². The first-order valence-corrected chi connectivity index (χ1v) is 13.6. The highest BCUT2D eigenvalue weighted by molar-refractivity contribution is 5.88. The van der Waals surface area contributed by atoms with E-state index in [-0.39, 0.29) is 6.10 Å². The van der Waals surface area contributed by atoms with Crippen LogP contribution in [0.5, 0.6) is 11.5 Å². The minimum atomic E-state index is -2.74. The minimum absolute atomic E-state index is 0.280. The van der Waals surface area contributed by atoms with E-state index in [1.807, 2.05) is 29.2 Å². The second-order valence-corrected chi connectivity index (χ2v) is 10.1. The van der Waals surface area contributed by atoms with E-state index in [9.17, 15) is 14.4 Å². The molecule has 0 bridgehead atoms. The molecule has 0 amide bonds. The summed E-state index contributed by atoms with van der Waals surface area (Å²) in [7, 11) is 3.33. The fourth-order valence-electron chi connectivity index (χ4n) is 4.73. The molecule has 1 aromatic heterocycles. The van der Waals surface area contributed by atoms with Gasteiger partial charge in [0.1, 0.15) is 0 Å². The van der Waals surface area contributed by atoms with Gasteiger partial charge in [-0.3, -0.25) is 14.5 Å². The van der Waals surface area contributed by atoms with Gasteiger partial charge in [0.2, 0.25) is 0 Å². The number of hydrogen-bond acceptors (Lipinski definition) is 9. The summed E-state index contributed by atoms with van der Waals surface area (Å²) < 4.78 is 18.8. The van der Waals surface area contributed by atoms with Crippen LogP contribution in [0.3, 0.4) is 0 Å². The number of nitrogens with zero attached hydrogens (tertiary/aromatic N) is 3. The monoisotopic (exact) mass is 599 g/mol. The highest BCUT2D eigenvalue weighted by Crippen LogP contribution is 2.29. The normalized spacial score (nSPS) is 14.6. The standard InChI is InChI=1S/C24H29N3O3.C6H8O7/c1-28-23-11-10-19(15-24(23)29-2)16-26(18-21-8-5-14-30-21)17-20-7-3-4-9-22(20)27-13-6-12-25-27;7-3(8)1-6(13,5(11)12)2-4(9)10/h3-4,6-7,9-13,15,21H,5,8,14,16-18H2,1-2H3;13H,1-2H2,(H,7,8)(H,9,10)(H,11,12). The number of carbonyl (C=O) groups is 3. The predicted octanol–water partition coefficient (Wildman–Crippen LogP) is 2.82. The Kier molecular flexibility index (Phi) is 12.0. The van der Waals surface area contributed by atoms with Gasteiger partial charge in [0, 0.05) is 38.6 Å².